The fraction of sp³-hybridized carbons (Fsp3) is 0. The highest BCUT2D eigenvalue weighted by molar-refractivity contribution is 5.30. The van der Waals surface area contributed by atoms with Crippen LogP contribution in [0.2, 0.25) is 0 Å². The maximum absolute atomic E-state index is 6.25. The number of nitrogens with zero attached hydrogens (tertiary/aromatic N) is 1. The summed E-state index contributed by atoms with van der Waals surface area (Å²) in [6.45, 7) is 4.75. The Balaban J connectivity index is 0.000000531. The van der Waals surface area contributed by atoms with Gasteiger partial charge in [0.2, 0.25) is 0 Å². The number of ether oxygens (including phenoxy) is 1. The molecule has 2 heteroatoms. The summed E-state index contributed by atoms with van der Waals surface area (Å²) in [6, 6.07) is 19.5. The van der Waals surface area contributed by atoms with Crippen LogP contribution < -0.4 is 4.74 Å². The van der Waals surface area contributed by atoms with Crippen molar-refractivity contribution in [2.24, 2.45) is 0 Å². The minimum absolute atomic E-state index is 0.869. The van der Waals surface area contributed by atoms with Gasteiger partial charge in [0, 0.05) is 0 Å². The van der Waals surface area contributed by atoms with Gasteiger partial charge in [0.1, 0.15) is 11.5 Å². The third-order valence-corrected chi connectivity index (χ3v) is 1.72. The first-order valence-electron chi connectivity index (χ1n) is 4.45. The first-order chi connectivity index (χ1) is 7.45. The Morgan fingerprint density at radius 2 is 1.00 bits per heavy atom. The summed E-state index contributed by atoms with van der Waals surface area (Å²) in [6.07, 6.45) is 0. The van der Waals surface area contributed by atoms with Crippen LogP contribution in [0.5, 0.6) is 11.5 Å². The molecule has 15 heavy (non-hydrogen) atoms. The highest BCUT2D eigenvalue weighted by Crippen LogP contribution is 2.19. The van der Waals surface area contributed by atoms with Crippen LogP contribution >= 0.6 is 0 Å². The lowest BCUT2D eigenvalue weighted by Crippen LogP contribution is -1.81. The van der Waals surface area contributed by atoms with E-state index in [1.54, 1.807) is 0 Å². The van der Waals surface area contributed by atoms with Crippen molar-refractivity contribution >= 4 is 0 Å². The van der Waals surface area contributed by atoms with E-state index in [0.29, 0.717) is 0 Å². The summed E-state index contributed by atoms with van der Waals surface area (Å²) in [5.74, 6) is 1.74. The largest absolute Gasteiger partial charge is 0.512 e. The van der Waals surface area contributed by atoms with Gasteiger partial charge >= 0.3 is 0 Å². The Hall–Kier alpha value is -2.27. The highest BCUT2D eigenvalue weighted by atomic mass is 16.5. The lowest BCUT2D eigenvalue weighted by molar-refractivity contribution is 0.482. The van der Waals surface area contributed by atoms with Crippen LogP contribution in [0.3, 0.4) is 0 Å². The van der Waals surface area contributed by atoms with Gasteiger partial charge in [-0.1, -0.05) is 36.4 Å². The third-order valence-electron chi connectivity index (χ3n) is 1.72. The van der Waals surface area contributed by atoms with Crippen molar-refractivity contribution in [1.29, 1.82) is 5.26 Å². The number of hydrogen-bond donors (Lipinski definition) is 0. The smallest absolute Gasteiger partial charge is 0.127 e. The van der Waals surface area contributed by atoms with Gasteiger partial charge in [-0.3, -0.25) is 0 Å². The van der Waals surface area contributed by atoms with Crippen molar-refractivity contribution < 1.29 is 4.74 Å². The monoisotopic (exact) mass is 196 g/mol. The van der Waals surface area contributed by atoms with Gasteiger partial charge in [0.25, 0.3) is 0 Å². The van der Waals surface area contributed by atoms with Crippen LogP contribution in [0.1, 0.15) is 0 Å². The summed E-state index contributed by atoms with van der Waals surface area (Å²) < 4.78 is 5.58. The minimum atomic E-state index is 0.869. The predicted molar refractivity (Wildman–Crippen MR) is 57.9 cm³/mol. The molecule has 0 aromatic heterocycles. The zero-order chi connectivity index (χ0) is 10.9. The molecule has 2 aromatic rings. The molecule has 0 bridgehead atoms. The second-order valence-corrected chi connectivity index (χ2v) is 2.73. The zero-order valence-corrected chi connectivity index (χ0v) is 8.13. The molecule has 0 saturated heterocycles. The average molecular weight is 196 g/mol. The standard InChI is InChI=1S/C12H10O.CN/c1-3-7-11(8-4-1)13-12-9-5-2-6-10-12;1-2/h1-10H;/q;-1. The summed E-state index contributed by atoms with van der Waals surface area (Å²) in [4.78, 5) is 0. The normalized spacial score (nSPS) is 8.40. The average Bonchev–Trinajstić information content (AvgIpc) is 2.34. The quantitative estimate of drug-likeness (QED) is 0.688. The SMILES string of the molecule is [C-]#N.c1ccc(Oc2ccccc2)cc1. The Bertz CT molecular complexity index is 357. The number of benzene rings is 2. The van der Waals surface area contributed by atoms with E-state index >= 15 is 0 Å². The molecule has 2 aromatic carbocycles. The molecular formula is C13H10NO-. The molecule has 2 rings (SSSR count). The van der Waals surface area contributed by atoms with Crippen LogP contribution in [-0.2, 0) is 0 Å². The van der Waals surface area contributed by atoms with E-state index in [-0.39, 0.29) is 0 Å². The van der Waals surface area contributed by atoms with Crippen LogP contribution in [0.25, 0.3) is 0 Å². The van der Waals surface area contributed by atoms with E-state index in [0.717, 1.165) is 11.5 Å². The molecule has 0 N–H and O–H groups in total. The highest BCUT2D eigenvalue weighted by Gasteiger charge is 1.92. The Labute approximate surface area is 89.4 Å². The van der Waals surface area contributed by atoms with Crippen molar-refractivity contribution in [3.8, 4) is 11.5 Å². The molecule has 0 radical (unpaired) electrons. The van der Waals surface area contributed by atoms with E-state index in [9.17, 15) is 0 Å². The van der Waals surface area contributed by atoms with Crippen LogP contribution in [-0.4, -0.2) is 0 Å². The number of rotatable bonds is 2. The summed E-state index contributed by atoms with van der Waals surface area (Å²) in [5, 5.41) is 6.25. The number of hydrogen-bond acceptors (Lipinski definition) is 2. The van der Waals surface area contributed by atoms with Gasteiger partial charge in [-0.15, -0.1) is 0 Å². The van der Waals surface area contributed by atoms with Crippen LogP contribution in [0, 0.1) is 11.8 Å². The molecule has 0 saturated carbocycles. The van der Waals surface area contributed by atoms with Crippen LogP contribution in [0.4, 0.5) is 0 Å². The second kappa shape index (κ2) is 6.22. The maximum Gasteiger partial charge on any atom is 0.127 e. The molecule has 0 aliphatic carbocycles. The zero-order valence-electron chi connectivity index (χ0n) is 8.13. The summed E-state index contributed by atoms with van der Waals surface area (Å²) in [7, 11) is 0. The molecule has 0 spiro atoms. The fourth-order valence-electron chi connectivity index (χ4n) is 1.11. The molecule has 0 unspecified atom stereocenters. The minimum Gasteiger partial charge on any atom is -0.512 e. The summed E-state index contributed by atoms with van der Waals surface area (Å²) in [5.41, 5.74) is 0. The van der Waals surface area contributed by atoms with Crippen molar-refractivity contribution in [2.75, 3.05) is 0 Å². The van der Waals surface area contributed by atoms with E-state index in [1.165, 1.54) is 0 Å². The fourth-order valence-corrected chi connectivity index (χ4v) is 1.11. The van der Waals surface area contributed by atoms with E-state index in [4.69, 9.17) is 16.6 Å². The molecule has 0 heterocycles. The third kappa shape index (κ3) is 3.53. The van der Waals surface area contributed by atoms with Crippen LogP contribution in [0.15, 0.2) is 60.7 Å². The lowest BCUT2D eigenvalue weighted by atomic mass is 10.3. The number of para-hydroxylation sites is 2. The Morgan fingerprint density at radius 1 is 0.667 bits per heavy atom. The van der Waals surface area contributed by atoms with E-state index in [2.05, 4.69) is 0 Å². The Morgan fingerprint density at radius 3 is 1.33 bits per heavy atom. The first kappa shape index (κ1) is 10.8. The van der Waals surface area contributed by atoms with Crippen molar-refractivity contribution in [1.82, 2.24) is 0 Å². The molecule has 0 amide bonds. The molecule has 74 valence electrons. The van der Waals surface area contributed by atoms with Gasteiger partial charge in [-0.05, 0) is 24.3 Å². The molecular weight excluding hydrogens is 186 g/mol. The van der Waals surface area contributed by atoms with Gasteiger partial charge in [0.05, 0.1) is 0 Å². The van der Waals surface area contributed by atoms with Gasteiger partial charge in [-0.2, -0.15) is 0 Å². The van der Waals surface area contributed by atoms with Gasteiger partial charge < -0.3 is 16.6 Å². The molecule has 0 fully saturated rings. The van der Waals surface area contributed by atoms with E-state index < -0.39 is 0 Å². The molecule has 2 nitrogen and oxygen atoms in total. The lowest BCUT2D eigenvalue weighted by Gasteiger charge is -2.03. The molecule has 0 aliphatic heterocycles. The van der Waals surface area contributed by atoms with Crippen molar-refractivity contribution in [2.45, 2.75) is 0 Å². The predicted octanol–water partition coefficient (Wildman–Crippen LogP) is 3.58. The van der Waals surface area contributed by atoms with E-state index in [1.807, 2.05) is 60.7 Å². The topological polar surface area (TPSA) is 33.0 Å². The molecule has 0 atom stereocenters. The van der Waals surface area contributed by atoms with Crippen molar-refractivity contribution in [3.05, 3.63) is 67.2 Å². The summed E-state index contributed by atoms with van der Waals surface area (Å²) >= 11 is 0. The van der Waals surface area contributed by atoms with Crippen molar-refractivity contribution in [3.63, 3.8) is 0 Å². The first-order valence-corrected chi connectivity index (χ1v) is 4.45. The van der Waals surface area contributed by atoms with Gasteiger partial charge in [-0.25, -0.2) is 0 Å². The molecule has 0 aliphatic rings. The Kier molecular flexibility index (Phi) is 4.49. The van der Waals surface area contributed by atoms with Gasteiger partial charge in [0.15, 0.2) is 0 Å². The second-order valence-electron chi connectivity index (χ2n) is 2.73. The maximum atomic E-state index is 6.25.